The van der Waals surface area contributed by atoms with Gasteiger partial charge in [0, 0.05) is 13.1 Å². The third-order valence-corrected chi connectivity index (χ3v) is 0.828. The molecule has 8 heavy (non-hydrogen) atoms. The van der Waals surface area contributed by atoms with E-state index in [4.69, 9.17) is 0 Å². The molecule has 0 aromatic heterocycles. The van der Waals surface area contributed by atoms with E-state index in [-0.39, 0.29) is 0 Å². The lowest BCUT2D eigenvalue weighted by molar-refractivity contribution is 0.942. The number of rotatable bonds is 2. The van der Waals surface area contributed by atoms with Gasteiger partial charge in [-0.05, 0) is 20.8 Å². The minimum absolute atomic E-state index is 0.874. The predicted molar refractivity (Wildman–Crippen MR) is 37.3 cm³/mol. The highest BCUT2D eigenvalue weighted by molar-refractivity contribution is 5.79. The van der Waals surface area contributed by atoms with Crippen molar-refractivity contribution < 1.29 is 0 Å². The Kier molecular flexibility index (Phi) is 4.32. The Morgan fingerprint density at radius 3 is 2.50 bits per heavy atom. The molecule has 0 aliphatic rings. The smallest absolute Gasteiger partial charge is 0.0931 e. The Morgan fingerprint density at radius 1 is 1.50 bits per heavy atom. The normalized spacial score (nSPS) is 11.6. The summed E-state index contributed by atoms with van der Waals surface area (Å²) in [6.45, 7) is 7.91. The lowest BCUT2D eigenvalue weighted by Crippen LogP contribution is -2.19. The Morgan fingerprint density at radius 2 is 2.12 bits per heavy atom. The van der Waals surface area contributed by atoms with E-state index >= 15 is 0 Å². The van der Waals surface area contributed by atoms with E-state index in [9.17, 15) is 0 Å². The van der Waals surface area contributed by atoms with Gasteiger partial charge in [-0.25, -0.2) is 0 Å². The van der Waals surface area contributed by atoms with Gasteiger partial charge in [-0.3, -0.25) is 4.99 Å². The van der Waals surface area contributed by atoms with Crippen LogP contribution in [0.5, 0.6) is 0 Å². The zero-order valence-electron chi connectivity index (χ0n) is 5.86. The average Bonchev–Trinajstić information content (AvgIpc) is 1.68. The van der Waals surface area contributed by atoms with Crippen LogP contribution in [0.3, 0.4) is 0 Å². The predicted octanol–water partition coefficient (Wildman–Crippen LogP) is 1.03. The van der Waals surface area contributed by atoms with E-state index in [1.165, 1.54) is 0 Å². The van der Waals surface area contributed by atoms with Crippen molar-refractivity contribution >= 4 is 5.84 Å². The average molecular weight is 114 g/mol. The topological polar surface area (TPSA) is 24.4 Å². The molecule has 0 amide bonds. The van der Waals surface area contributed by atoms with Crippen LogP contribution in [-0.2, 0) is 0 Å². The molecule has 0 aromatic carbocycles. The van der Waals surface area contributed by atoms with Crippen LogP contribution in [0, 0.1) is 0 Å². The first kappa shape index (κ1) is 7.47. The molecule has 0 saturated heterocycles. The summed E-state index contributed by atoms with van der Waals surface area (Å²) in [6.07, 6.45) is 0. The summed E-state index contributed by atoms with van der Waals surface area (Å²) in [6, 6.07) is 0. The van der Waals surface area contributed by atoms with Gasteiger partial charge in [-0.2, -0.15) is 0 Å². The van der Waals surface area contributed by atoms with Gasteiger partial charge in [0.15, 0.2) is 0 Å². The molecule has 0 bridgehead atoms. The molecule has 1 N–H and O–H groups in total. The van der Waals surface area contributed by atoms with Crippen LogP contribution in [-0.4, -0.2) is 18.9 Å². The van der Waals surface area contributed by atoms with Gasteiger partial charge < -0.3 is 5.32 Å². The van der Waals surface area contributed by atoms with Crippen molar-refractivity contribution in [1.29, 1.82) is 0 Å². The summed E-state index contributed by atoms with van der Waals surface area (Å²) in [5, 5.41) is 3.10. The minimum atomic E-state index is 0.874. The fourth-order valence-corrected chi connectivity index (χ4v) is 0.549. The van der Waals surface area contributed by atoms with Crippen molar-refractivity contribution in [2.45, 2.75) is 20.8 Å². The standard InChI is InChI=1S/C6H14N2/c1-4-7-6(3)8-5-2/h4-5H2,1-3H3,(H,7,8). The molecule has 0 saturated carbocycles. The second kappa shape index (κ2) is 4.62. The maximum Gasteiger partial charge on any atom is 0.0931 e. The zero-order valence-corrected chi connectivity index (χ0v) is 5.86. The van der Waals surface area contributed by atoms with Crippen molar-refractivity contribution in [3.8, 4) is 0 Å². The maximum atomic E-state index is 4.12. The molecule has 0 spiro atoms. The molecule has 0 aliphatic heterocycles. The summed E-state index contributed by atoms with van der Waals surface area (Å²) in [5.74, 6) is 1.04. The summed E-state index contributed by atoms with van der Waals surface area (Å²) >= 11 is 0. The molecule has 0 fully saturated rings. The largest absolute Gasteiger partial charge is 0.374 e. The van der Waals surface area contributed by atoms with Gasteiger partial charge in [0.25, 0.3) is 0 Å². The highest BCUT2D eigenvalue weighted by Gasteiger charge is 1.80. The van der Waals surface area contributed by atoms with E-state index in [1.807, 2.05) is 13.8 Å². The molecule has 0 aliphatic carbocycles. The zero-order chi connectivity index (χ0) is 6.41. The van der Waals surface area contributed by atoms with Gasteiger partial charge in [-0.15, -0.1) is 0 Å². The number of nitrogens with zero attached hydrogens (tertiary/aromatic N) is 1. The molecular weight excluding hydrogens is 100 g/mol. The van der Waals surface area contributed by atoms with Crippen molar-refractivity contribution in [2.24, 2.45) is 4.99 Å². The molecule has 48 valence electrons. The highest BCUT2D eigenvalue weighted by Crippen LogP contribution is 1.70. The van der Waals surface area contributed by atoms with E-state index < -0.39 is 0 Å². The highest BCUT2D eigenvalue weighted by atomic mass is 15.0. The maximum absolute atomic E-state index is 4.12. The quantitative estimate of drug-likeness (QED) is 0.421. The van der Waals surface area contributed by atoms with Crippen LogP contribution in [0.4, 0.5) is 0 Å². The molecule has 0 atom stereocenters. The third kappa shape index (κ3) is 3.65. The molecular formula is C6H14N2. The SMILES string of the molecule is CCN=C(C)NCC. The minimum Gasteiger partial charge on any atom is -0.374 e. The number of nitrogens with one attached hydrogen (secondary N) is 1. The molecule has 0 aromatic rings. The van der Waals surface area contributed by atoms with Gasteiger partial charge in [0.2, 0.25) is 0 Å². The molecule has 0 radical (unpaired) electrons. The number of hydrogen-bond acceptors (Lipinski definition) is 1. The van der Waals surface area contributed by atoms with Crippen LogP contribution < -0.4 is 5.32 Å². The van der Waals surface area contributed by atoms with Crippen LogP contribution in [0.25, 0.3) is 0 Å². The van der Waals surface area contributed by atoms with E-state index in [1.54, 1.807) is 0 Å². The van der Waals surface area contributed by atoms with Crippen LogP contribution in [0.2, 0.25) is 0 Å². The van der Waals surface area contributed by atoms with E-state index in [2.05, 4.69) is 17.2 Å². The first-order valence-electron chi connectivity index (χ1n) is 3.06. The van der Waals surface area contributed by atoms with E-state index in [0.29, 0.717) is 0 Å². The van der Waals surface area contributed by atoms with Gasteiger partial charge in [-0.1, -0.05) is 0 Å². The second-order valence-corrected chi connectivity index (χ2v) is 1.59. The van der Waals surface area contributed by atoms with Crippen LogP contribution >= 0.6 is 0 Å². The lowest BCUT2D eigenvalue weighted by atomic mass is 10.6. The van der Waals surface area contributed by atoms with Crippen molar-refractivity contribution in [3.63, 3.8) is 0 Å². The monoisotopic (exact) mass is 114 g/mol. The fraction of sp³-hybridized carbons (Fsp3) is 0.833. The van der Waals surface area contributed by atoms with Gasteiger partial charge >= 0.3 is 0 Å². The fourth-order valence-electron chi connectivity index (χ4n) is 0.549. The van der Waals surface area contributed by atoms with Crippen LogP contribution in [0.1, 0.15) is 20.8 Å². The molecule has 2 nitrogen and oxygen atoms in total. The summed E-state index contributed by atoms with van der Waals surface area (Å²) < 4.78 is 0. The number of amidine groups is 1. The third-order valence-electron chi connectivity index (χ3n) is 0.828. The molecule has 2 heteroatoms. The van der Waals surface area contributed by atoms with Gasteiger partial charge in [0.05, 0.1) is 5.84 Å². The summed E-state index contributed by atoms with van der Waals surface area (Å²) in [7, 11) is 0. The Labute approximate surface area is 51.0 Å². The Hall–Kier alpha value is -0.530. The number of hydrogen-bond donors (Lipinski definition) is 1. The van der Waals surface area contributed by atoms with Crippen molar-refractivity contribution in [1.82, 2.24) is 5.32 Å². The second-order valence-electron chi connectivity index (χ2n) is 1.59. The van der Waals surface area contributed by atoms with Crippen molar-refractivity contribution in [2.75, 3.05) is 13.1 Å². The Bertz CT molecular complexity index is 76.6. The summed E-state index contributed by atoms with van der Waals surface area (Å²) in [4.78, 5) is 4.12. The summed E-state index contributed by atoms with van der Waals surface area (Å²) in [5.41, 5.74) is 0. The first-order valence-corrected chi connectivity index (χ1v) is 3.06. The molecule has 0 heterocycles. The Balaban J connectivity index is 3.29. The molecule has 0 unspecified atom stereocenters. The lowest BCUT2D eigenvalue weighted by Gasteiger charge is -1.98. The van der Waals surface area contributed by atoms with Crippen molar-refractivity contribution in [3.05, 3.63) is 0 Å². The first-order chi connectivity index (χ1) is 3.81. The van der Waals surface area contributed by atoms with Gasteiger partial charge in [0.1, 0.15) is 0 Å². The van der Waals surface area contributed by atoms with Crippen LogP contribution in [0.15, 0.2) is 4.99 Å². The van der Waals surface area contributed by atoms with E-state index in [0.717, 1.165) is 18.9 Å². The molecule has 0 rings (SSSR count). The number of aliphatic imine (C=N–C) groups is 1.